The van der Waals surface area contributed by atoms with Crippen molar-refractivity contribution in [3.8, 4) is 0 Å². The molecular weight excluding hydrogens is 307 g/mol. The Bertz CT molecular complexity index is 281. The molecule has 0 fully saturated rings. The summed E-state index contributed by atoms with van der Waals surface area (Å²) in [5.74, 6) is 0. The third-order valence-electron chi connectivity index (χ3n) is 3.01. The van der Waals surface area contributed by atoms with Gasteiger partial charge in [0.25, 0.3) is 0 Å². The number of hydrogen-bond donors (Lipinski definition) is 0. The summed E-state index contributed by atoms with van der Waals surface area (Å²) in [5.41, 5.74) is 1.52. The van der Waals surface area contributed by atoms with E-state index in [-0.39, 0.29) is 0 Å². The Hall–Kier alpha value is -0.0500. The quantitative estimate of drug-likeness (QED) is 0.431. The Balaban J connectivity index is 2.05. The Morgan fingerprint density at radius 1 is 0.875 bits per heavy atom. The van der Waals surface area contributed by atoms with Gasteiger partial charge in [-0.25, -0.2) is 0 Å². The van der Waals surface area contributed by atoms with E-state index < -0.39 is 0 Å². The maximum absolute atomic E-state index is 2.44. The van der Waals surface area contributed by atoms with E-state index in [1.807, 2.05) is 0 Å². The number of aryl methyl sites for hydroxylation is 1. The molecule has 0 aliphatic carbocycles. The van der Waals surface area contributed by atoms with Gasteiger partial charge < -0.3 is 0 Å². The van der Waals surface area contributed by atoms with Gasteiger partial charge >= 0.3 is 0 Å². The van der Waals surface area contributed by atoms with Crippen LogP contribution in [0.1, 0.15) is 57.4 Å². The van der Waals surface area contributed by atoms with Gasteiger partial charge in [-0.1, -0.05) is 63.6 Å². The van der Waals surface area contributed by atoms with Crippen LogP contribution in [-0.4, -0.2) is 0 Å². The highest BCUT2D eigenvalue weighted by Crippen LogP contribution is 2.15. The molecule has 0 amide bonds. The molecule has 0 saturated carbocycles. The van der Waals surface area contributed by atoms with Gasteiger partial charge in [0.15, 0.2) is 0 Å². The molecule has 1 aromatic rings. The molecular formula is C15H23I. The Kier molecular flexibility index (Phi) is 7.91. The molecule has 0 saturated heterocycles. The minimum absolute atomic E-state index is 1.26. The fourth-order valence-electron chi connectivity index (χ4n) is 1.97. The first-order chi connectivity index (χ1) is 7.84. The van der Waals surface area contributed by atoms with Crippen LogP contribution in [-0.2, 0) is 6.42 Å². The Morgan fingerprint density at radius 3 is 2.19 bits per heavy atom. The monoisotopic (exact) mass is 330 g/mol. The molecule has 1 aromatic carbocycles. The van der Waals surface area contributed by atoms with Crippen molar-refractivity contribution in [2.75, 3.05) is 0 Å². The molecule has 0 bridgehead atoms. The Morgan fingerprint density at radius 2 is 1.50 bits per heavy atom. The maximum Gasteiger partial charge on any atom is 0.0162 e. The minimum atomic E-state index is 1.26. The first kappa shape index (κ1) is 14.0. The summed E-state index contributed by atoms with van der Waals surface area (Å²) in [6, 6.07) is 8.74. The number of hydrogen-bond acceptors (Lipinski definition) is 0. The van der Waals surface area contributed by atoms with Crippen molar-refractivity contribution in [2.45, 2.75) is 58.3 Å². The van der Waals surface area contributed by atoms with Crippen LogP contribution in [0, 0.1) is 3.57 Å². The summed E-state index contributed by atoms with van der Waals surface area (Å²) in [6.07, 6.45) is 11.1. The lowest BCUT2D eigenvalue weighted by Crippen LogP contribution is -1.89. The zero-order chi connectivity index (χ0) is 11.6. The van der Waals surface area contributed by atoms with Crippen molar-refractivity contribution in [1.29, 1.82) is 0 Å². The standard InChI is InChI=1S/C15H23I/c1-2-3-4-5-6-7-8-11-14-12-9-10-13-15(14)16/h9-10,12-13H,2-8,11H2,1H3. The highest BCUT2D eigenvalue weighted by atomic mass is 127. The van der Waals surface area contributed by atoms with Gasteiger partial charge in [-0.05, 0) is 47.1 Å². The third-order valence-corrected chi connectivity index (χ3v) is 4.06. The first-order valence-corrected chi connectivity index (χ1v) is 7.66. The van der Waals surface area contributed by atoms with Gasteiger partial charge in [-0.15, -0.1) is 0 Å². The second-order valence-corrected chi connectivity index (χ2v) is 5.62. The molecule has 0 atom stereocenters. The van der Waals surface area contributed by atoms with Crippen molar-refractivity contribution in [3.63, 3.8) is 0 Å². The average Bonchev–Trinajstić information content (AvgIpc) is 2.30. The molecule has 0 radical (unpaired) electrons. The van der Waals surface area contributed by atoms with Crippen LogP contribution < -0.4 is 0 Å². The van der Waals surface area contributed by atoms with Crippen LogP contribution in [0.25, 0.3) is 0 Å². The minimum Gasteiger partial charge on any atom is -0.0654 e. The highest BCUT2D eigenvalue weighted by Gasteiger charge is 1.97. The van der Waals surface area contributed by atoms with Gasteiger partial charge in [0.1, 0.15) is 0 Å². The molecule has 0 N–H and O–H groups in total. The van der Waals surface area contributed by atoms with E-state index >= 15 is 0 Å². The summed E-state index contributed by atoms with van der Waals surface area (Å²) in [6.45, 7) is 2.28. The van der Waals surface area contributed by atoms with Crippen LogP contribution in [0.5, 0.6) is 0 Å². The molecule has 16 heavy (non-hydrogen) atoms. The normalized spacial score (nSPS) is 10.6. The van der Waals surface area contributed by atoms with Gasteiger partial charge in [-0.3, -0.25) is 0 Å². The molecule has 0 nitrogen and oxygen atoms in total. The van der Waals surface area contributed by atoms with Gasteiger partial charge in [0, 0.05) is 3.57 Å². The fraction of sp³-hybridized carbons (Fsp3) is 0.600. The van der Waals surface area contributed by atoms with Crippen LogP contribution in [0.15, 0.2) is 24.3 Å². The second kappa shape index (κ2) is 9.03. The lowest BCUT2D eigenvalue weighted by atomic mass is 10.0. The van der Waals surface area contributed by atoms with Gasteiger partial charge in [0.05, 0.1) is 0 Å². The number of benzene rings is 1. The van der Waals surface area contributed by atoms with Gasteiger partial charge in [-0.2, -0.15) is 0 Å². The Labute approximate surface area is 114 Å². The highest BCUT2D eigenvalue weighted by molar-refractivity contribution is 14.1. The van der Waals surface area contributed by atoms with Crippen molar-refractivity contribution in [1.82, 2.24) is 0 Å². The van der Waals surface area contributed by atoms with Crippen molar-refractivity contribution in [2.24, 2.45) is 0 Å². The number of unbranched alkanes of at least 4 members (excludes halogenated alkanes) is 6. The van der Waals surface area contributed by atoms with Crippen LogP contribution in [0.2, 0.25) is 0 Å². The number of halogens is 1. The SMILES string of the molecule is CCCCCCCCCc1ccccc1I. The molecule has 0 aromatic heterocycles. The van der Waals surface area contributed by atoms with Crippen molar-refractivity contribution < 1.29 is 0 Å². The summed E-state index contributed by atoms with van der Waals surface area (Å²) in [7, 11) is 0. The van der Waals surface area contributed by atoms with Crippen LogP contribution >= 0.6 is 22.6 Å². The summed E-state index contributed by atoms with van der Waals surface area (Å²) < 4.78 is 1.42. The predicted molar refractivity (Wildman–Crippen MR) is 80.9 cm³/mol. The van der Waals surface area contributed by atoms with Crippen molar-refractivity contribution >= 4 is 22.6 Å². The lowest BCUT2D eigenvalue weighted by molar-refractivity contribution is 0.589. The number of rotatable bonds is 8. The third kappa shape index (κ3) is 5.88. The van der Waals surface area contributed by atoms with E-state index in [1.54, 1.807) is 0 Å². The smallest absolute Gasteiger partial charge is 0.0162 e. The fourth-order valence-corrected chi connectivity index (χ4v) is 2.63. The van der Waals surface area contributed by atoms with E-state index in [0.717, 1.165) is 0 Å². The summed E-state index contributed by atoms with van der Waals surface area (Å²) in [5, 5.41) is 0. The average molecular weight is 330 g/mol. The maximum atomic E-state index is 2.44. The molecule has 90 valence electrons. The zero-order valence-electron chi connectivity index (χ0n) is 10.3. The summed E-state index contributed by atoms with van der Waals surface area (Å²) in [4.78, 5) is 0. The van der Waals surface area contributed by atoms with Crippen molar-refractivity contribution in [3.05, 3.63) is 33.4 Å². The predicted octanol–water partition coefficient (Wildman–Crippen LogP) is 5.58. The molecule has 0 aliphatic rings. The first-order valence-electron chi connectivity index (χ1n) is 6.58. The van der Waals surface area contributed by atoms with E-state index in [0.29, 0.717) is 0 Å². The van der Waals surface area contributed by atoms with E-state index in [4.69, 9.17) is 0 Å². The lowest BCUT2D eigenvalue weighted by Gasteiger charge is -2.04. The topological polar surface area (TPSA) is 0 Å². The second-order valence-electron chi connectivity index (χ2n) is 4.46. The molecule has 0 aliphatic heterocycles. The van der Waals surface area contributed by atoms with Crippen LogP contribution in [0.3, 0.4) is 0 Å². The molecule has 1 rings (SSSR count). The van der Waals surface area contributed by atoms with E-state index in [2.05, 4.69) is 53.8 Å². The summed E-state index contributed by atoms with van der Waals surface area (Å²) >= 11 is 2.44. The molecule has 1 heteroatoms. The largest absolute Gasteiger partial charge is 0.0654 e. The van der Waals surface area contributed by atoms with E-state index in [1.165, 1.54) is 60.5 Å². The zero-order valence-corrected chi connectivity index (χ0v) is 12.5. The van der Waals surface area contributed by atoms with Crippen LogP contribution in [0.4, 0.5) is 0 Å². The van der Waals surface area contributed by atoms with Gasteiger partial charge in [0.2, 0.25) is 0 Å². The molecule has 0 unspecified atom stereocenters. The van der Waals surface area contributed by atoms with E-state index in [9.17, 15) is 0 Å². The molecule has 0 heterocycles. The molecule has 0 spiro atoms.